The number of hydrogen-bond donors (Lipinski definition) is 1. The number of benzene rings is 1. The first-order chi connectivity index (χ1) is 10.4. The van der Waals surface area contributed by atoms with Gasteiger partial charge in [0.1, 0.15) is 17.8 Å². The highest BCUT2D eigenvalue weighted by Gasteiger charge is 2.35. The molecule has 0 amide bonds. The van der Waals surface area contributed by atoms with Crippen molar-refractivity contribution in [1.82, 2.24) is 0 Å². The highest BCUT2D eigenvalue weighted by molar-refractivity contribution is 5.90. The Kier molecular flexibility index (Phi) is 6.05. The number of carboxylic acid groups (broad SMARTS) is 1. The molecule has 0 radical (unpaired) electrons. The van der Waals surface area contributed by atoms with Gasteiger partial charge in [0.15, 0.2) is 0 Å². The van der Waals surface area contributed by atoms with Gasteiger partial charge < -0.3 is 9.84 Å². The van der Waals surface area contributed by atoms with Crippen molar-refractivity contribution in [2.75, 3.05) is 0 Å². The van der Waals surface area contributed by atoms with E-state index in [1.54, 1.807) is 13.8 Å². The van der Waals surface area contributed by atoms with Gasteiger partial charge in [0, 0.05) is 0 Å². The number of nitrogens with zero attached hydrogens (tertiary/aromatic N) is 1. The molecule has 0 saturated heterocycles. The Bertz CT molecular complexity index is 603. The van der Waals surface area contributed by atoms with Crippen LogP contribution in [0, 0.1) is 17.1 Å². The van der Waals surface area contributed by atoms with E-state index in [1.165, 1.54) is 18.2 Å². The summed E-state index contributed by atoms with van der Waals surface area (Å²) in [6.07, 6.45) is 0.0136. The topological polar surface area (TPSA) is 87.4 Å². The van der Waals surface area contributed by atoms with Crippen molar-refractivity contribution >= 4 is 11.9 Å². The fourth-order valence-corrected chi connectivity index (χ4v) is 2.45. The van der Waals surface area contributed by atoms with Crippen molar-refractivity contribution in [3.8, 4) is 6.07 Å². The molecule has 0 unspecified atom stereocenters. The maximum absolute atomic E-state index is 13.4. The number of rotatable bonds is 7. The summed E-state index contributed by atoms with van der Waals surface area (Å²) in [4.78, 5) is 22.4. The van der Waals surface area contributed by atoms with E-state index in [0.29, 0.717) is 24.0 Å². The minimum atomic E-state index is -1.28. The lowest BCUT2D eigenvalue weighted by molar-refractivity contribution is -0.165. The van der Waals surface area contributed by atoms with Gasteiger partial charge in [-0.2, -0.15) is 5.26 Å². The predicted molar refractivity (Wildman–Crippen MR) is 76.3 cm³/mol. The zero-order valence-electron chi connectivity index (χ0n) is 12.6. The molecule has 0 aliphatic carbocycles. The summed E-state index contributed by atoms with van der Waals surface area (Å²) in [5.41, 5.74) is -0.0830. The van der Waals surface area contributed by atoms with E-state index in [1.807, 2.05) is 6.07 Å². The van der Waals surface area contributed by atoms with Crippen LogP contribution in [0.3, 0.4) is 0 Å². The number of esters is 1. The Morgan fingerprint density at radius 1 is 1.36 bits per heavy atom. The molecule has 1 N–H and O–H groups in total. The molecule has 1 rings (SSSR count). The smallest absolute Gasteiger partial charge is 0.318 e. The van der Waals surface area contributed by atoms with Crippen molar-refractivity contribution in [2.45, 2.75) is 45.1 Å². The van der Waals surface area contributed by atoms with Crippen LogP contribution in [0.25, 0.3) is 0 Å². The molecular formula is C16H18FNO4. The molecule has 0 saturated carbocycles. The summed E-state index contributed by atoms with van der Waals surface area (Å²) in [5, 5.41) is 17.6. The zero-order valence-corrected chi connectivity index (χ0v) is 12.6. The summed E-state index contributed by atoms with van der Waals surface area (Å²) < 4.78 is 18.8. The summed E-state index contributed by atoms with van der Waals surface area (Å²) in [7, 11) is 0. The number of carbonyl (C=O) groups is 2. The summed E-state index contributed by atoms with van der Waals surface area (Å²) in [6.45, 7) is 3.58. The van der Waals surface area contributed by atoms with Gasteiger partial charge in [-0.3, -0.25) is 9.59 Å². The van der Waals surface area contributed by atoms with Gasteiger partial charge in [0.25, 0.3) is 0 Å². The number of ether oxygens (including phenoxy) is 1. The second kappa shape index (κ2) is 7.55. The third-order valence-electron chi connectivity index (χ3n) is 3.57. The third kappa shape index (κ3) is 4.04. The largest absolute Gasteiger partial charge is 0.481 e. The summed E-state index contributed by atoms with van der Waals surface area (Å²) in [6, 6.07) is 5.92. The molecule has 0 aliphatic heterocycles. The number of nitriles is 1. The van der Waals surface area contributed by atoms with Crippen LogP contribution < -0.4 is 0 Å². The Balaban J connectivity index is 3.27. The molecule has 118 valence electrons. The quantitative estimate of drug-likeness (QED) is 0.618. The van der Waals surface area contributed by atoms with Crippen molar-refractivity contribution in [1.29, 1.82) is 5.26 Å². The molecule has 1 aromatic carbocycles. The van der Waals surface area contributed by atoms with Gasteiger partial charge in [-0.05, 0) is 36.1 Å². The number of carboxylic acids is 1. The molecule has 5 nitrogen and oxygen atoms in total. The number of halogens is 1. The molecule has 0 aliphatic rings. The summed E-state index contributed by atoms with van der Waals surface area (Å²) in [5.74, 6) is -2.61. The normalized spacial score (nSPS) is 10.8. The monoisotopic (exact) mass is 307 g/mol. The lowest BCUT2D eigenvalue weighted by Crippen LogP contribution is -2.33. The lowest BCUT2D eigenvalue weighted by Gasteiger charge is -2.33. The van der Waals surface area contributed by atoms with E-state index in [4.69, 9.17) is 15.1 Å². The van der Waals surface area contributed by atoms with E-state index in [2.05, 4.69) is 0 Å². The third-order valence-corrected chi connectivity index (χ3v) is 3.57. The van der Waals surface area contributed by atoms with Crippen LogP contribution in [-0.2, 0) is 26.3 Å². The van der Waals surface area contributed by atoms with Gasteiger partial charge in [-0.25, -0.2) is 4.39 Å². The molecule has 0 aromatic heterocycles. The molecule has 0 heterocycles. The first-order valence-electron chi connectivity index (χ1n) is 6.98. The maximum Gasteiger partial charge on any atom is 0.318 e. The SMILES string of the molecule is CCC(CC)(OC(=O)CC(=O)O)c1ccc(F)cc1CC#N. The van der Waals surface area contributed by atoms with Gasteiger partial charge in [0.2, 0.25) is 0 Å². The Labute approximate surface area is 128 Å². The molecule has 22 heavy (non-hydrogen) atoms. The second-order valence-corrected chi connectivity index (χ2v) is 4.88. The van der Waals surface area contributed by atoms with Gasteiger partial charge in [-0.15, -0.1) is 0 Å². The first-order valence-corrected chi connectivity index (χ1v) is 6.98. The number of hydrogen-bond acceptors (Lipinski definition) is 4. The van der Waals surface area contributed by atoms with Gasteiger partial charge in [0.05, 0.1) is 12.5 Å². The standard InChI is InChI=1S/C16H18FNO4/c1-3-16(4-2,22-15(21)10-14(19)20)13-6-5-12(17)9-11(13)7-8-18/h5-6,9H,3-4,7,10H2,1-2H3,(H,19,20). The van der Waals surface area contributed by atoms with Crippen LogP contribution in [-0.4, -0.2) is 17.0 Å². The van der Waals surface area contributed by atoms with Gasteiger partial charge >= 0.3 is 11.9 Å². The van der Waals surface area contributed by atoms with Crippen molar-refractivity contribution in [3.63, 3.8) is 0 Å². The molecule has 0 spiro atoms. The number of aliphatic carboxylic acids is 1. The fraction of sp³-hybridized carbons (Fsp3) is 0.438. The molecular weight excluding hydrogens is 289 g/mol. The van der Waals surface area contributed by atoms with Crippen LogP contribution in [0.15, 0.2) is 18.2 Å². The van der Waals surface area contributed by atoms with Crippen molar-refractivity contribution < 1.29 is 23.8 Å². The van der Waals surface area contributed by atoms with E-state index in [0.717, 1.165) is 0 Å². The minimum absolute atomic E-state index is 0.0225. The van der Waals surface area contributed by atoms with Crippen LogP contribution in [0.5, 0.6) is 0 Å². The molecule has 1 aromatic rings. The van der Waals surface area contributed by atoms with Crippen LogP contribution in [0.2, 0.25) is 0 Å². The molecule has 0 atom stereocenters. The molecule has 0 bridgehead atoms. The zero-order chi connectivity index (χ0) is 16.8. The van der Waals surface area contributed by atoms with Crippen molar-refractivity contribution in [3.05, 3.63) is 35.1 Å². The maximum atomic E-state index is 13.4. The van der Waals surface area contributed by atoms with Gasteiger partial charge in [-0.1, -0.05) is 19.9 Å². The number of carbonyl (C=O) groups excluding carboxylic acids is 1. The van der Waals surface area contributed by atoms with Crippen LogP contribution in [0.4, 0.5) is 4.39 Å². The fourth-order valence-electron chi connectivity index (χ4n) is 2.45. The van der Waals surface area contributed by atoms with Crippen molar-refractivity contribution in [2.24, 2.45) is 0 Å². The van der Waals surface area contributed by atoms with Crippen LogP contribution in [0.1, 0.15) is 44.2 Å². The van der Waals surface area contributed by atoms with E-state index in [9.17, 15) is 14.0 Å². The Hall–Kier alpha value is -2.42. The molecule has 6 heteroatoms. The van der Waals surface area contributed by atoms with E-state index >= 15 is 0 Å². The highest BCUT2D eigenvalue weighted by Crippen LogP contribution is 2.36. The Morgan fingerprint density at radius 3 is 2.50 bits per heavy atom. The van der Waals surface area contributed by atoms with E-state index in [-0.39, 0.29) is 6.42 Å². The lowest BCUT2D eigenvalue weighted by atomic mass is 9.84. The molecule has 0 fully saturated rings. The second-order valence-electron chi connectivity index (χ2n) is 4.88. The average Bonchev–Trinajstić information content (AvgIpc) is 2.45. The van der Waals surface area contributed by atoms with E-state index < -0.39 is 29.8 Å². The average molecular weight is 307 g/mol. The predicted octanol–water partition coefficient (Wildman–Crippen LogP) is 2.92. The first kappa shape index (κ1) is 17.6. The Morgan fingerprint density at radius 2 is 2.00 bits per heavy atom. The summed E-state index contributed by atoms with van der Waals surface area (Å²) >= 11 is 0. The van der Waals surface area contributed by atoms with Crippen LogP contribution >= 0.6 is 0 Å². The minimum Gasteiger partial charge on any atom is -0.481 e. The highest BCUT2D eigenvalue weighted by atomic mass is 19.1.